The molecule has 0 aliphatic rings. The molecule has 0 aliphatic carbocycles. The van der Waals surface area contributed by atoms with Gasteiger partial charge in [-0.2, -0.15) is 0 Å². The minimum Gasteiger partial charge on any atom is -0.505 e. The molecule has 1 aromatic rings. The monoisotopic (exact) mass is 278 g/mol. The van der Waals surface area contributed by atoms with Gasteiger partial charge in [0.25, 0.3) is 5.69 Å². The molecule has 18 heavy (non-hydrogen) atoms. The van der Waals surface area contributed by atoms with Crippen molar-refractivity contribution in [1.29, 1.82) is 0 Å². The van der Waals surface area contributed by atoms with Crippen molar-refractivity contribution in [3.05, 3.63) is 33.6 Å². The third-order valence-electron chi connectivity index (χ3n) is 2.41. The van der Waals surface area contributed by atoms with Crippen molar-refractivity contribution in [2.75, 3.05) is 0 Å². The van der Waals surface area contributed by atoms with E-state index in [1.807, 2.05) is 13.8 Å². The van der Waals surface area contributed by atoms with Crippen LogP contribution in [0.15, 0.2) is 12.1 Å². The molecule has 0 bridgehead atoms. The molecule has 3 N–H and O–H groups in total. The first-order valence-corrected chi connectivity index (χ1v) is 5.25. The number of phenols is 1. The van der Waals surface area contributed by atoms with Gasteiger partial charge in [-0.15, -0.1) is 12.4 Å². The summed E-state index contributed by atoms with van der Waals surface area (Å²) in [5.74, 6) is -1.39. The lowest BCUT2D eigenvalue weighted by Crippen LogP contribution is -2.14. The van der Waals surface area contributed by atoms with E-state index >= 15 is 0 Å². The highest BCUT2D eigenvalue weighted by Gasteiger charge is 2.20. The van der Waals surface area contributed by atoms with Crippen LogP contribution in [0.25, 0.3) is 0 Å². The fourth-order valence-electron chi connectivity index (χ4n) is 1.63. The molecule has 1 aromatic carbocycles. The summed E-state index contributed by atoms with van der Waals surface area (Å²) in [6.07, 6.45) is 0.508. The molecule has 0 radical (unpaired) electrons. The normalized spacial score (nSPS) is 12.1. The highest BCUT2D eigenvalue weighted by Crippen LogP contribution is 2.32. The van der Waals surface area contributed by atoms with Gasteiger partial charge in [-0.05, 0) is 12.3 Å². The second-order valence-electron chi connectivity index (χ2n) is 4.36. The number of nitrogens with two attached hydrogens (primary N) is 1. The Hall–Kier alpha value is -1.40. The average Bonchev–Trinajstić information content (AvgIpc) is 2.20. The number of aromatic hydroxyl groups is 1. The molecule has 0 fully saturated rings. The molecule has 0 saturated heterocycles. The van der Waals surface area contributed by atoms with Crippen molar-refractivity contribution in [3.8, 4) is 5.75 Å². The van der Waals surface area contributed by atoms with Gasteiger partial charge < -0.3 is 10.8 Å². The van der Waals surface area contributed by atoms with Crippen LogP contribution in [0.4, 0.5) is 10.1 Å². The minimum atomic E-state index is -1.02. The lowest BCUT2D eigenvalue weighted by molar-refractivity contribution is -0.385. The van der Waals surface area contributed by atoms with Crippen LogP contribution >= 0.6 is 12.4 Å². The Bertz CT molecular complexity index is 441. The number of phenolic OH excluding ortho intramolecular Hbond substituents is 1. The van der Waals surface area contributed by atoms with Crippen LogP contribution in [0.5, 0.6) is 5.75 Å². The zero-order valence-corrected chi connectivity index (χ0v) is 10.9. The van der Waals surface area contributed by atoms with E-state index in [9.17, 15) is 19.6 Å². The molecule has 7 heteroatoms. The van der Waals surface area contributed by atoms with Crippen LogP contribution in [-0.2, 0) is 0 Å². The molecule has 102 valence electrons. The van der Waals surface area contributed by atoms with Crippen LogP contribution in [0.1, 0.15) is 31.9 Å². The van der Waals surface area contributed by atoms with E-state index in [-0.39, 0.29) is 23.9 Å². The number of halogens is 2. The standard InChI is InChI=1S/C11H15FN2O3.ClH/c1-6(2)3-10(13)8-4-7(14(16)17)5-9(12)11(8)15;/h4-6,10,15H,3,13H2,1-2H3;1H/t10-;/m1./s1. The Labute approximate surface area is 110 Å². The molecule has 1 rings (SSSR count). The molecule has 5 nitrogen and oxygen atoms in total. The summed E-state index contributed by atoms with van der Waals surface area (Å²) < 4.78 is 13.3. The maximum absolute atomic E-state index is 13.3. The summed E-state index contributed by atoms with van der Waals surface area (Å²) in [5.41, 5.74) is 5.45. The number of benzene rings is 1. The largest absolute Gasteiger partial charge is 0.505 e. The average molecular weight is 279 g/mol. The molecule has 0 amide bonds. The van der Waals surface area contributed by atoms with Gasteiger partial charge in [-0.25, -0.2) is 4.39 Å². The lowest BCUT2D eigenvalue weighted by atomic mass is 9.96. The molecular weight excluding hydrogens is 263 g/mol. The van der Waals surface area contributed by atoms with Gasteiger partial charge in [-0.3, -0.25) is 10.1 Å². The van der Waals surface area contributed by atoms with Crippen molar-refractivity contribution in [2.24, 2.45) is 11.7 Å². The summed E-state index contributed by atoms with van der Waals surface area (Å²) in [6.45, 7) is 3.84. The second kappa shape index (κ2) is 6.51. The third-order valence-corrected chi connectivity index (χ3v) is 2.41. The summed E-state index contributed by atoms with van der Waals surface area (Å²) >= 11 is 0. The summed E-state index contributed by atoms with van der Waals surface area (Å²) in [7, 11) is 0. The fourth-order valence-corrected chi connectivity index (χ4v) is 1.63. The molecule has 1 atom stereocenters. The Morgan fingerprint density at radius 3 is 2.50 bits per heavy atom. The Kier molecular flexibility index (Phi) is 6.00. The zero-order valence-electron chi connectivity index (χ0n) is 10.1. The number of nitro benzene ring substituents is 1. The van der Waals surface area contributed by atoms with E-state index in [0.717, 1.165) is 6.07 Å². The minimum absolute atomic E-state index is 0. The van der Waals surface area contributed by atoms with Crippen LogP contribution in [-0.4, -0.2) is 10.0 Å². The van der Waals surface area contributed by atoms with Crippen LogP contribution in [0.2, 0.25) is 0 Å². The van der Waals surface area contributed by atoms with Crippen LogP contribution < -0.4 is 5.73 Å². The number of hydrogen-bond donors (Lipinski definition) is 2. The molecule has 0 heterocycles. The van der Waals surface area contributed by atoms with E-state index in [2.05, 4.69) is 0 Å². The van der Waals surface area contributed by atoms with E-state index in [0.29, 0.717) is 12.5 Å². The summed E-state index contributed by atoms with van der Waals surface area (Å²) in [5, 5.41) is 20.1. The number of non-ortho nitro benzene ring substituents is 1. The van der Waals surface area contributed by atoms with Gasteiger partial charge in [-0.1, -0.05) is 13.8 Å². The van der Waals surface area contributed by atoms with Gasteiger partial charge in [0.15, 0.2) is 11.6 Å². The predicted octanol–water partition coefficient (Wildman–Crippen LogP) is 2.91. The number of nitrogens with zero attached hydrogens (tertiary/aromatic N) is 1. The Morgan fingerprint density at radius 2 is 2.06 bits per heavy atom. The molecule has 0 aromatic heterocycles. The van der Waals surface area contributed by atoms with Crippen molar-refractivity contribution in [1.82, 2.24) is 0 Å². The smallest absolute Gasteiger partial charge is 0.272 e. The van der Waals surface area contributed by atoms with Crippen molar-refractivity contribution >= 4 is 18.1 Å². The van der Waals surface area contributed by atoms with Gasteiger partial charge in [0.2, 0.25) is 0 Å². The van der Waals surface area contributed by atoms with Crippen molar-refractivity contribution < 1.29 is 14.4 Å². The van der Waals surface area contributed by atoms with E-state index < -0.39 is 28.2 Å². The van der Waals surface area contributed by atoms with Crippen LogP contribution in [0, 0.1) is 21.8 Å². The number of rotatable bonds is 4. The SMILES string of the molecule is CC(C)C[C@@H](N)c1cc([N+](=O)[O-])cc(F)c1O.Cl. The van der Waals surface area contributed by atoms with Crippen LogP contribution in [0.3, 0.4) is 0 Å². The maximum atomic E-state index is 13.3. The molecular formula is C11H16ClFN2O3. The van der Waals surface area contributed by atoms with Crippen molar-refractivity contribution in [3.63, 3.8) is 0 Å². The molecule has 0 aliphatic heterocycles. The quantitative estimate of drug-likeness (QED) is 0.654. The highest BCUT2D eigenvalue weighted by molar-refractivity contribution is 5.85. The van der Waals surface area contributed by atoms with E-state index in [1.54, 1.807) is 0 Å². The third kappa shape index (κ3) is 3.82. The zero-order chi connectivity index (χ0) is 13.2. The van der Waals surface area contributed by atoms with Gasteiger partial charge >= 0.3 is 0 Å². The second-order valence-corrected chi connectivity index (χ2v) is 4.36. The van der Waals surface area contributed by atoms with E-state index in [1.165, 1.54) is 0 Å². The highest BCUT2D eigenvalue weighted by atomic mass is 35.5. The van der Waals surface area contributed by atoms with E-state index in [4.69, 9.17) is 5.73 Å². The van der Waals surface area contributed by atoms with Crippen molar-refractivity contribution in [2.45, 2.75) is 26.3 Å². The lowest BCUT2D eigenvalue weighted by Gasteiger charge is -2.15. The Balaban J connectivity index is 0.00000289. The first kappa shape index (κ1) is 16.6. The van der Waals surface area contributed by atoms with Gasteiger partial charge in [0, 0.05) is 17.7 Å². The first-order valence-electron chi connectivity index (χ1n) is 5.25. The fraction of sp³-hybridized carbons (Fsp3) is 0.455. The van der Waals surface area contributed by atoms with Gasteiger partial charge in [0.05, 0.1) is 11.0 Å². The topological polar surface area (TPSA) is 89.4 Å². The predicted molar refractivity (Wildman–Crippen MR) is 68.4 cm³/mol. The first-order chi connectivity index (χ1) is 7.82. The maximum Gasteiger partial charge on any atom is 0.272 e. The Morgan fingerprint density at radius 1 is 1.50 bits per heavy atom. The molecule has 0 saturated carbocycles. The van der Waals surface area contributed by atoms with Gasteiger partial charge in [0.1, 0.15) is 0 Å². The molecule has 0 unspecified atom stereocenters. The number of nitro groups is 1. The molecule has 0 spiro atoms. The number of hydrogen-bond acceptors (Lipinski definition) is 4. The summed E-state index contributed by atoms with van der Waals surface area (Å²) in [4.78, 5) is 9.86. The summed E-state index contributed by atoms with van der Waals surface area (Å²) in [6, 6.07) is 1.18.